The number of ether oxygens (including phenoxy) is 4. The minimum absolute atomic E-state index is 0.0792. The number of hydrogen-bond donors (Lipinski definition) is 2. The van der Waals surface area contributed by atoms with Gasteiger partial charge in [-0.25, -0.2) is 4.57 Å². The third kappa shape index (κ3) is 27.1. The molecule has 0 saturated carbocycles. The third-order valence-electron chi connectivity index (χ3n) is 6.35. The zero-order valence-corrected chi connectivity index (χ0v) is 25.9. The number of nitrogens with two attached hydrogens (primary N) is 1. The van der Waals surface area contributed by atoms with Gasteiger partial charge in [-0.15, -0.1) is 0 Å². The van der Waals surface area contributed by atoms with Crippen LogP contribution in [0.4, 0.5) is 0 Å². The van der Waals surface area contributed by atoms with E-state index in [1.54, 1.807) is 0 Å². The van der Waals surface area contributed by atoms with Crippen LogP contribution in [0.3, 0.4) is 0 Å². The molecule has 0 bridgehead atoms. The van der Waals surface area contributed by atoms with Crippen molar-refractivity contribution in [1.29, 1.82) is 0 Å². The van der Waals surface area contributed by atoms with E-state index >= 15 is 0 Å². The summed E-state index contributed by atoms with van der Waals surface area (Å²) in [6, 6.07) is 0. The Balaban J connectivity index is 3.83. The lowest BCUT2D eigenvalue weighted by Crippen LogP contribution is -2.26. The van der Waals surface area contributed by atoms with E-state index in [4.69, 9.17) is 24.3 Å². The maximum absolute atomic E-state index is 11.9. The first-order valence-corrected chi connectivity index (χ1v) is 16.5. The zero-order valence-electron chi connectivity index (χ0n) is 25.0. The van der Waals surface area contributed by atoms with Crippen LogP contribution in [-0.4, -0.2) is 76.7 Å². The Bertz CT molecular complexity index is 653. The first kappa shape index (κ1) is 38.9. The topological polar surface area (TPSA) is 153 Å². The Morgan fingerprint density at radius 1 is 0.650 bits per heavy atom. The monoisotopic (exact) mass is 597 g/mol. The summed E-state index contributed by atoms with van der Waals surface area (Å²) in [5, 5.41) is 0. The molecule has 40 heavy (non-hydrogen) atoms. The Hall–Kier alpha value is -1.07. The fourth-order valence-corrected chi connectivity index (χ4v) is 4.75. The molecule has 0 aliphatic rings. The van der Waals surface area contributed by atoms with E-state index in [9.17, 15) is 19.0 Å². The number of carbonyl (C=O) groups excluding carboxylic acids is 2. The summed E-state index contributed by atoms with van der Waals surface area (Å²) in [6.45, 7) is 1.07. The van der Waals surface area contributed by atoms with Crippen molar-refractivity contribution in [3.8, 4) is 0 Å². The lowest BCUT2D eigenvalue weighted by molar-refractivity contribution is -0.141. The van der Waals surface area contributed by atoms with Crippen LogP contribution in [-0.2, 0) is 42.1 Å². The van der Waals surface area contributed by atoms with Crippen LogP contribution in [0.15, 0.2) is 0 Å². The van der Waals surface area contributed by atoms with Crippen molar-refractivity contribution < 1.29 is 47.0 Å². The number of carbonyl (C=O) groups is 2. The molecule has 2 atom stereocenters. The lowest BCUT2D eigenvalue weighted by atomic mass is 10.0. The predicted molar refractivity (Wildman–Crippen MR) is 154 cm³/mol. The Morgan fingerprint density at radius 3 is 1.60 bits per heavy atom. The summed E-state index contributed by atoms with van der Waals surface area (Å²) < 4.78 is 42.5. The quantitative estimate of drug-likeness (QED) is 0.0617. The highest BCUT2D eigenvalue weighted by Gasteiger charge is 2.23. The maximum Gasteiger partial charge on any atom is 0.472 e. The van der Waals surface area contributed by atoms with E-state index in [1.807, 2.05) is 0 Å². The fraction of sp³-hybridized carbons (Fsp3) is 0.929. The summed E-state index contributed by atoms with van der Waals surface area (Å²) in [6.07, 6.45) is 16.9. The number of hydrogen-bond acceptors (Lipinski definition) is 10. The molecule has 0 amide bonds. The number of methoxy groups -OCH3 is 2. The van der Waals surface area contributed by atoms with Crippen molar-refractivity contribution in [1.82, 2.24) is 0 Å². The number of phosphoric ester groups is 1. The second-order valence-corrected chi connectivity index (χ2v) is 11.4. The highest BCUT2D eigenvalue weighted by atomic mass is 31.2. The molecule has 0 aliphatic carbocycles. The zero-order chi connectivity index (χ0) is 29.7. The second-order valence-electron chi connectivity index (χ2n) is 9.91. The van der Waals surface area contributed by atoms with Crippen LogP contribution in [0, 0.1) is 0 Å². The van der Waals surface area contributed by atoms with Gasteiger partial charge in [0.2, 0.25) is 0 Å². The van der Waals surface area contributed by atoms with Gasteiger partial charge in [-0.3, -0.25) is 18.6 Å². The van der Waals surface area contributed by atoms with Crippen LogP contribution in [0.1, 0.15) is 109 Å². The minimum atomic E-state index is -4.20. The van der Waals surface area contributed by atoms with Gasteiger partial charge in [0.05, 0.1) is 34.0 Å². The SMILES string of the molecule is COC(=O)CCCCCCCCCCCCCCCOC[C@H](COP(=O)(O)OCCN)OCCCCC(=O)OC. The summed E-state index contributed by atoms with van der Waals surface area (Å²) in [5.41, 5.74) is 5.30. The van der Waals surface area contributed by atoms with Crippen LogP contribution in [0.2, 0.25) is 0 Å². The Morgan fingerprint density at radius 2 is 1.10 bits per heavy atom. The number of rotatable bonds is 30. The molecule has 1 unspecified atom stereocenters. The van der Waals surface area contributed by atoms with Gasteiger partial charge in [-0.1, -0.05) is 70.6 Å². The van der Waals surface area contributed by atoms with Crippen LogP contribution in [0.25, 0.3) is 0 Å². The average Bonchev–Trinajstić information content (AvgIpc) is 2.95. The summed E-state index contributed by atoms with van der Waals surface area (Å²) in [4.78, 5) is 32.0. The summed E-state index contributed by atoms with van der Waals surface area (Å²) in [7, 11) is -1.40. The summed E-state index contributed by atoms with van der Waals surface area (Å²) in [5.74, 6) is -0.376. The third-order valence-corrected chi connectivity index (χ3v) is 7.34. The first-order valence-electron chi connectivity index (χ1n) is 15.0. The smallest absolute Gasteiger partial charge is 0.469 e. The molecule has 238 valence electrons. The highest BCUT2D eigenvalue weighted by Crippen LogP contribution is 2.43. The van der Waals surface area contributed by atoms with E-state index in [-0.39, 0.29) is 38.3 Å². The Labute approximate surface area is 241 Å². The molecule has 12 heteroatoms. The van der Waals surface area contributed by atoms with E-state index in [0.717, 1.165) is 25.7 Å². The molecule has 0 heterocycles. The van der Waals surface area contributed by atoms with Gasteiger partial charge in [0.25, 0.3) is 0 Å². The molecular weight excluding hydrogens is 541 g/mol. The lowest BCUT2D eigenvalue weighted by Gasteiger charge is -2.20. The van der Waals surface area contributed by atoms with Gasteiger partial charge < -0.3 is 29.6 Å². The summed E-state index contributed by atoms with van der Waals surface area (Å²) >= 11 is 0. The molecule has 0 aromatic rings. The molecule has 0 fully saturated rings. The van der Waals surface area contributed by atoms with Crippen LogP contribution < -0.4 is 5.73 Å². The maximum atomic E-state index is 11.9. The van der Waals surface area contributed by atoms with Crippen molar-refractivity contribution in [2.75, 3.05) is 53.8 Å². The molecule has 0 radical (unpaired) electrons. The fourth-order valence-electron chi connectivity index (χ4n) is 3.99. The average molecular weight is 598 g/mol. The predicted octanol–water partition coefficient (Wildman–Crippen LogP) is 5.46. The van der Waals surface area contributed by atoms with Crippen molar-refractivity contribution in [3.05, 3.63) is 0 Å². The molecule has 0 aromatic heterocycles. The van der Waals surface area contributed by atoms with E-state index in [2.05, 4.69) is 9.47 Å². The molecule has 0 spiro atoms. The Kier molecular flexibility index (Phi) is 27.3. The molecule has 0 saturated heterocycles. The normalized spacial score (nSPS) is 13.6. The first-order chi connectivity index (χ1) is 19.3. The molecule has 0 aliphatic heterocycles. The van der Waals surface area contributed by atoms with Gasteiger partial charge in [-0.2, -0.15) is 0 Å². The number of unbranched alkanes of at least 4 members (excludes halogenated alkanes) is 13. The van der Waals surface area contributed by atoms with Crippen molar-refractivity contribution in [3.63, 3.8) is 0 Å². The highest BCUT2D eigenvalue weighted by molar-refractivity contribution is 7.47. The van der Waals surface area contributed by atoms with Gasteiger partial charge in [0.15, 0.2) is 0 Å². The van der Waals surface area contributed by atoms with Crippen molar-refractivity contribution >= 4 is 19.8 Å². The molecule has 3 N–H and O–H groups in total. The molecule has 0 aromatic carbocycles. The van der Waals surface area contributed by atoms with E-state index < -0.39 is 13.9 Å². The van der Waals surface area contributed by atoms with Gasteiger partial charge >= 0.3 is 19.8 Å². The minimum Gasteiger partial charge on any atom is -0.469 e. The molecule has 11 nitrogen and oxygen atoms in total. The second kappa shape index (κ2) is 28.1. The van der Waals surface area contributed by atoms with Crippen molar-refractivity contribution in [2.24, 2.45) is 5.73 Å². The van der Waals surface area contributed by atoms with Gasteiger partial charge in [0, 0.05) is 32.6 Å². The van der Waals surface area contributed by atoms with Crippen LogP contribution in [0.5, 0.6) is 0 Å². The van der Waals surface area contributed by atoms with Gasteiger partial charge in [0.1, 0.15) is 6.10 Å². The standard InChI is InChI=1S/C28H56NO10P/c1-34-27(30)18-14-12-10-8-6-4-3-5-7-9-11-13-16-21-36-24-26(25-39-40(32,33)38-23-20-29)37-22-17-15-19-28(31)35-2/h26H,3-25,29H2,1-2H3,(H,32,33)/t26-/m1/s1. The molecule has 0 rings (SSSR count). The largest absolute Gasteiger partial charge is 0.472 e. The number of esters is 2. The van der Waals surface area contributed by atoms with Crippen LogP contribution >= 0.6 is 7.82 Å². The number of phosphoric acid groups is 1. The molecular formula is C28H56NO10P. The van der Waals surface area contributed by atoms with Crippen molar-refractivity contribution in [2.45, 2.75) is 115 Å². The van der Waals surface area contributed by atoms with Gasteiger partial charge in [-0.05, 0) is 25.7 Å². The van der Waals surface area contributed by atoms with E-state index in [1.165, 1.54) is 72.0 Å². The van der Waals surface area contributed by atoms with E-state index in [0.29, 0.717) is 38.9 Å².